The molecule has 1 aliphatic heterocycles. The van der Waals surface area contributed by atoms with Gasteiger partial charge in [0.15, 0.2) is 0 Å². The summed E-state index contributed by atoms with van der Waals surface area (Å²) < 4.78 is 2.14. The molecule has 2 heterocycles. The third-order valence-corrected chi connectivity index (χ3v) is 3.97. The van der Waals surface area contributed by atoms with E-state index in [2.05, 4.69) is 33.5 Å². The highest BCUT2D eigenvalue weighted by atomic mass is 15.3. The van der Waals surface area contributed by atoms with Crippen molar-refractivity contribution >= 4 is 0 Å². The minimum Gasteiger partial charge on any atom is -0.329 e. The van der Waals surface area contributed by atoms with Gasteiger partial charge < -0.3 is 10.3 Å². The van der Waals surface area contributed by atoms with Crippen molar-refractivity contribution in [3.8, 4) is 0 Å². The molecule has 5 heteroatoms. The van der Waals surface area contributed by atoms with Crippen LogP contribution >= 0.6 is 0 Å². The number of aromatic nitrogens is 3. The van der Waals surface area contributed by atoms with E-state index in [-0.39, 0.29) is 0 Å². The highest BCUT2D eigenvalue weighted by Gasteiger charge is 2.27. The van der Waals surface area contributed by atoms with Gasteiger partial charge in [-0.15, -0.1) is 10.2 Å². The Balaban J connectivity index is 2.07. The number of fused-ring (bicyclic) bond motifs is 1. The van der Waals surface area contributed by atoms with Crippen LogP contribution in [0.15, 0.2) is 6.33 Å². The molecule has 0 saturated heterocycles. The molecule has 17 heavy (non-hydrogen) atoms. The molecule has 1 atom stereocenters. The second-order valence-corrected chi connectivity index (χ2v) is 4.79. The first-order valence-electron chi connectivity index (χ1n) is 6.60. The van der Waals surface area contributed by atoms with Gasteiger partial charge in [-0.2, -0.15) is 0 Å². The smallest absolute Gasteiger partial charge is 0.147 e. The molecular weight excluding hydrogens is 214 g/mol. The average Bonchev–Trinajstić information content (AvgIpc) is 2.82. The first-order chi connectivity index (χ1) is 8.30. The zero-order chi connectivity index (χ0) is 12.3. The zero-order valence-corrected chi connectivity index (χ0v) is 10.8. The lowest BCUT2D eigenvalue weighted by atomic mass is 9.92. The number of nitrogens with two attached hydrogens (primary N) is 1. The highest BCUT2D eigenvalue weighted by Crippen LogP contribution is 2.21. The summed E-state index contributed by atoms with van der Waals surface area (Å²) in [5.41, 5.74) is 5.97. The van der Waals surface area contributed by atoms with Crippen molar-refractivity contribution in [3.05, 3.63) is 12.2 Å². The lowest BCUT2D eigenvalue weighted by Gasteiger charge is -2.37. The fourth-order valence-electron chi connectivity index (χ4n) is 2.84. The topological polar surface area (TPSA) is 60.0 Å². The minimum absolute atomic E-state index is 0.482. The Kier molecular flexibility index (Phi) is 4.12. The molecule has 96 valence electrons. The van der Waals surface area contributed by atoms with E-state index >= 15 is 0 Å². The lowest BCUT2D eigenvalue weighted by molar-refractivity contribution is 0.107. The Morgan fingerprint density at radius 3 is 2.76 bits per heavy atom. The van der Waals surface area contributed by atoms with Gasteiger partial charge in [0, 0.05) is 25.7 Å². The van der Waals surface area contributed by atoms with E-state index in [0.717, 1.165) is 32.0 Å². The van der Waals surface area contributed by atoms with Gasteiger partial charge in [-0.25, -0.2) is 0 Å². The van der Waals surface area contributed by atoms with Crippen LogP contribution in [0.5, 0.6) is 0 Å². The number of nitrogens with zero attached hydrogens (tertiary/aromatic N) is 4. The monoisotopic (exact) mass is 237 g/mol. The van der Waals surface area contributed by atoms with E-state index in [1.807, 2.05) is 6.33 Å². The second-order valence-electron chi connectivity index (χ2n) is 4.79. The van der Waals surface area contributed by atoms with Gasteiger partial charge in [-0.3, -0.25) is 4.90 Å². The molecule has 1 aromatic heterocycles. The van der Waals surface area contributed by atoms with Gasteiger partial charge in [0.05, 0.1) is 6.54 Å². The van der Waals surface area contributed by atoms with Crippen molar-refractivity contribution < 1.29 is 0 Å². The van der Waals surface area contributed by atoms with E-state index < -0.39 is 0 Å². The molecule has 0 amide bonds. The minimum atomic E-state index is 0.482. The summed E-state index contributed by atoms with van der Waals surface area (Å²) in [6.07, 6.45) is 4.21. The SMILES string of the molecule is CCC(CC)C(CN)N1CCn2cnnc2C1. The molecule has 0 bridgehead atoms. The summed E-state index contributed by atoms with van der Waals surface area (Å²) >= 11 is 0. The fourth-order valence-corrected chi connectivity index (χ4v) is 2.84. The average molecular weight is 237 g/mol. The second kappa shape index (κ2) is 5.60. The van der Waals surface area contributed by atoms with Crippen LogP contribution in [0.4, 0.5) is 0 Å². The molecule has 0 aliphatic carbocycles. The van der Waals surface area contributed by atoms with Gasteiger partial charge in [-0.05, 0) is 5.92 Å². The molecule has 5 nitrogen and oxygen atoms in total. The van der Waals surface area contributed by atoms with Crippen LogP contribution in [-0.4, -0.2) is 38.8 Å². The van der Waals surface area contributed by atoms with Crippen LogP contribution in [0.25, 0.3) is 0 Å². The van der Waals surface area contributed by atoms with Crippen LogP contribution in [-0.2, 0) is 13.1 Å². The summed E-state index contributed by atoms with van der Waals surface area (Å²) in [6.45, 7) is 8.17. The van der Waals surface area contributed by atoms with Crippen molar-refractivity contribution in [2.75, 3.05) is 13.1 Å². The molecule has 0 aromatic carbocycles. The Bertz CT molecular complexity index is 344. The predicted molar refractivity (Wildman–Crippen MR) is 67.3 cm³/mol. The van der Waals surface area contributed by atoms with E-state index in [4.69, 9.17) is 5.73 Å². The molecule has 0 saturated carbocycles. The summed E-state index contributed by atoms with van der Waals surface area (Å²) in [4.78, 5) is 2.47. The molecule has 2 rings (SSSR count). The third kappa shape index (κ3) is 2.50. The van der Waals surface area contributed by atoms with Gasteiger partial charge >= 0.3 is 0 Å². The van der Waals surface area contributed by atoms with E-state index in [1.54, 1.807) is 0 Å². The molecular formula is C12H23N5. The normalized spacial score (nSPS) is 18.4. The summed E-state index contributed by atoms with van der Waals surface area (Å²) in [6, 6.07) is 0.482. The molecule has 0 fully saturated rings. The first-order valence-corrected chi connectivity index (χ1v) is 6.60. The van der Waals surface area contributed by atoms with Crippen molar-refractivity contribution in [1.82, 2.24) is 19.7 Å². The largest absolute Gasteiger partial charge is 0.329 e. The Morgan fingerprint density at radius 1 is 1.35 bits per heavy atom. The van der Waals surface area contributed by atoms with Crippen molar-refractivity contribution in [2.24, 2.45) is 11.7 Å². The number of hydrogen-bond acceptors (Lipinski definition) is 4. The molecule has 0 spiro atoms. The highest BCUT2D eigenvalue weighted by molar-refractivity contribution is 4.93. The van der Waals surface area contributed by atoms with Gasteiger partial charge in [0.25, 0.3) is 0 Å². The molecule has 0 radical (unpaired) electrons. The summed E-state index contributed by atoms with van der Waals surface area (Å²) in [5, 5.41) is 8.13. The quantitative estimate of drug-likeness (QED) is 0.825. The van der Waals surface area contributed by atoms with Crippen LogP contribution in [0.2, 0.25) is 0 Å². The van der Waals surface area contributed by atoms with Gasteiger partial charge in [0.2, 0.25) is 0 Å². The third-order valence-electron chi connectivity index (χ3n) is 3.97. The number of hydrogen-bond donors (Lipinski definition) is 1. The van der Waals surface area contributed by atoms with Crippen LogP contribution in [0.1, 0.15) is 32.5 Å². The van der Waals surface area contributed by atoms with Crippen LogP contribution in [0, 0.1) is 5.92 Å². The summed E-state index contributed by atoms with van der Waals surface area (Å²) in [5.74, 6) is 1.76. The summed E-state index contributed by atoms with van der Waals surface area (Å²) in [7, 11) is 0. The maximum atomic E-state index is 5.97. The molecule has 1 aromatic rings. The molecule has 2 N–H and O–H groups in total. The maximum absolute atomic E-state index is 5.97. The standard InChI is InChI=1S/C12H23N5/c1-3-10(4-2)11(7-13)16-5-6-17-9-14-15-12(17)8-16/h9-11H,3-8,13H2,1-2H3. The number of rotatable bonds is 5. The van der Waals surface area contributed by atoms with Crippen molar-refractivity contribution in [2.45, 2.75) is 45.8 Å². The van der Waals surface area contributed by atoms with E-state index in [9.17, 15) is 0 Å². The fraction of sp³-hybridized carbons (Fsp3) is 0.833. The van der Waals surface area contributed by atoms with Gasteiger partial charge in [0.1, 0.15) is 12.2 Å². The first kappa shape index (κ1) is 12.5. The molecule has 1 aliphatic rings. The maximum Gasteiger partial charge on any atom is 0.147 e. The lowest BCUT2D eigenvalue weighted by Crippen LogP contribution is -2.48. The van der Waals surface area contributed by atoms with Crippen molar-refractivity contribution in [3.63, 3.8) is 0 Å². The van der Waals surface area contributed by atoms with Crippen LogP contribution in [0.3, 0.4) is 0 Å². The zero-order valence-electron chi connectivity index (χ0n) is 10.8. The van der Waals surface area contributed by atoms with E-state index in [1.165, 1.54) is 12.8 Å². The molecule has 1 unspecified atom stereocenters. The van der Waals surface area contributed by atoms with E-state index in [0.29, 0.717) is 12.0 Å². The Labute approximate surface area is 103 Å². The van der Waals surface area contributed by atoms with Gasteiger partial charge in [-0.1, -0.05) is 26.7 Å². The Morgan fingerprint density at radius 2 is 2.12 bits per heavy atom. The van der Waals surface area contributed by atoms with Crippen LogP contribution < -0.4 is 5.73 Å². The Hall–Kier alpha value is -0.940. The van der Waals surface area contributed by atoms with Crippen molar-refractivity contribution in [1.29, 1.82) is 0 Å². The predicted octanol–water partition coefficient (Wildman–Crippen LogP) is 0.857.